The molecule has 0 bridgehead atoms. The number of hydrogen-bond acceptors (Lipinski definition) is 2. The van der Waals surface area contributed by atoms with Gasteiger partial charge in [-0.05, 0) is 17.5 Å². The summed E-state index contributed by atoms with van der Waals surface area (Å²) in [7, 11) is -1.06. The zero-order valence-electron chi connectivity index (χ0n) is 9.85. The highest BCUT2D eigenvalue weighted by Gasteiger charge is 2.27. The van der Waals surface area contributed by atoms with Crippen LogP contribution in [-0.2, 0) is 22.3 Å². The van der Waals surface area contributed by atoms with Gasteiger partial charge in [0.15, 0.2) is 6.16 Å². The van der Waals surface area contributed by atoms with Crippen molar-refractivity contribution in [2.24, 2.45) is 5.92 Å². The third kappa shape index (κ3) is 2.69. The van der Waals surface area contributed by atoms with Crippen molar-refractivity contribution in [1.29, 1.82) is 0 Å². The van der Waals surface area contributed by atoms with Crippen LogP contribution in [0.3, 0.4) is 0 Å². The lowest BCUT2D eigenvalue weighted by molar-refractivity contribution is 0.000597. The molecule has 0 saturated carbocycles. The summed E-state index contributed by atoms with van der Waals surface area (Å²) >= 11 is 0. The molecule has 16 heavy (non-hydrogen) atoms. The Morgan fingerprint density at radius 2 is 2.12 bits per heavy atom. The van der Waals surface area contributed by atoms with Gasteiger partial charge in [-0.15, -0.1) is 0 Å². The van der Waals surface area contributed by atoms with E-state index >= 15 is 0 Å². The van der Waals surface area contributed by atoms with Gasteiger partial charge in [-0.25, -0.2) is 0 Å². The van der Waals surface area contributed by atoms with Crippen LogP contribution in [0.15, 0.2) is 24.3 Å². The van der Waals surface area contributed by atoms with E-state index in [0.29, 0.717) is 12.5 Å². The van der Waals surface area contributed by atoms with Crippen molar-refractivity contribution >= 4 is 7.80 Å². The molecule has 0 N–H and O–H groups in total. The molecule has 0 amide bonds. The van der Waals surface area contributed by atoms with Gasteiger partial charge in [-0.3, -0.25) is 0 Å². The van der Waals surface area contributed by atoms with Crippen LogP contribution in [0.5, 0.6) is 0 Å². The summed E-state index contributed by atoms with van der Waals surface area (Å²) in [5, 5.41) is 0. The van der Waals surface area contributed by atoms with Crippen molar-refractivity contribution in [3.05, 3.63) is 35.4 Å². The van der Waals surface area contributed by atoms with Crippen molar-refractivity contribution in [1.82, 2.24) is 0 Å². The van der Waals surface area contributed by atoms with Crippen LogP contribution < -0.4 is 0 Å². The summed E-state index contributed by atoms with van der Waals surface area (Å²) in [5.74, 6) is 0.377. The van der Waals surface area contributed by atoms with E-state index in [1.54, 1.807) is 6.66 Å². The minimum Gasteiger partial charge on any atom is -0.373 e. The topological polar surface area (TPSA) is 26.3 Å². The Hall–Kier alpha value is -0.720. The first-order valence-corrected chi connectivity index (χ1v) is 7.62. The molecule has 1 aliphatic rings. The highest BCUT2D eigenvalue weighted by Crippen LogP contribution is 2.28. The molecule has 3 heteroatoms. The molecule has 0 spiro atoms. The van der Waals surface area contributed by atoms with Crippen LogP contribution >= 0.6 is 7.80 Å². The third-order valence-corrected chi connectivity index (χ3v) is 4.26. The van der Waals surface area contributed by atoms with Gasteiger partial charge in [-0.2, -0.15) is 0 Å². The van der Waals surface area contributed by atoms with E-state index in [-0.39, 0.29) is 6.10 Å². The molecule has 0 aliphatic carbocycles. The molecule has 1 aromatic rings. The smallest absolute Gasteiger partial charge is 0.335 e. The third-order valence-electron chi connectivity index (χ3n) is 3.17. The average molecular weight is 237 g/mol. The summed E-state index contributed by atoms with van der Waals surface area (Å²) in [5.41, 5.74) is 2.68. The Labute approximate surface area is 97.8 Å². The second-order valence-corrected chi connectivity index (χ2v) is 6.23. The van der Waals surface area contributed by atoms with Crippen LogP contribution in [0, 0.1) is 5.92 Å². The molecule has 0 fully saturated rings. The highest BCUT2D eigenvalue weighted by atomic mass is 31.1. The summed E-state index contributed by atoms with van der Waals surface area (Å²) in [6.07, 6.45) is 1.96. The molecule has 0 radical (unpaired) electrons. The van der Waals surface area contributed by atoms with Crippen molar-refractivity contribution < 1.29 is 9.30 Å². The highest BCUT2D eigenvalue weighted by molar-refractivity contribution is 7.43. The largest absolute Gasteiger partial charge is 0.373 e. The summed E-state index contributed by atoms with van der Waals surface area (Å²) in [6, 6.07) is 8.42. The lowest BCUT2D eigenvalue weighted by Crippen LogP contribution is -2.29. The van der Waals surface area contributed by atoms with Crippen LogP contribution in [0.4, 0.5) is 0 Å². The van der Waals surface area contributed by atoms with E-state index in [0.717, 1.165) is 12.6 Å². The zero-order chi connectivity index (χ0) is 11.5. The first-order valence-electron chi connectivity index (χ1n) is 5.73. The minimum atomic E-state index is -1.06. The maximum Gasteiger partial charge on any atom is 0.335 e. The van der Waals surface area contributed by atoms with Gasteiger partial charge < -0.3 is 4.74 Å². The second-order valence-electron chi connectivity index (χ2n) is 4.61. The lowest BCUT2D eigenvalue weighted by Gasteiger charge is -2.28. The summed E-state index contributed by atoms with van der Waals surface area (Å²) in [6.45, 7) is 4.63. The molecule has 0 aromatic heterocycles. The standard InChI is InChI=1S/C13H18O2P/c1-10(9-16(2)14)13-7-11-5-3-4-6-12(11)8-15-13/h3-6,10,13H,7-9H2,1-2H3/q+1. The second kappa shape index (κ2) is 5.07. The van der Waals surface area contributed by atoms with Crippen LogP contribution in [0.1, 0.15) is 18.1 Å². The Kier molecular flexibility index (Phi) is 3.73. The molecule has 3 unspecified atom stereocenters. The first-order chi connectivity index (χ1) is 7.66. The van der Waals surface area contributed by atoms with Gasteiger partial charge in [0.1, 0.15) is 6.66 Å². The average Bonchev–Trinajstić information content (AvgIpc) is 2.27. The van der Waals surface area contributed by atoms with Gasteiger partial charge in [0.25, 0.3) is 0 Å². The number of fused-ring (bicyclic) bond motifs is 1. The number of benzene rings is 1. The monoisotopic (exact) mass is 237 g/mol. The Morgan fingerprint density at radius 1 is 1.44 bits per heavy atom. The van der Waals surface area contributed by atoms with Gasteiger partial charge in [0.2, 0.25) is 0 Å². The van der Waals surface area contributed by atoms with Crippen molar-refractivity contribution in [2.75, 3.05) is 12.8 Å². The lowest BCUT2D eigenvalue weighted by atomic mass is 9.93. The molecule has 1 heterocycles. The van der Waals surface area contributed by atoms with Crippen LogP contribution in [0.2, 0.25) is 0 Å². The van der Waals surface area contributed by atoms with E-state index in [9.17, 15) is 4.57 Å². The maximum absolute atomic E-state index is 11.2. The van der Waals surface area contributed by atoms with E-state index in [1.165, 1.54) is 11.1 Å². The molecule has 1 aromatic carbocycles. The van der Waals surface area contributed by atoms with Crippen molar-refractivity contribution in [3.8, 4) is 0 Å². The number of hydrogen-bond donors (Lipinski definition) is 0. The van der Waals surface area contributed by atoms with Crippen LogP contribution in [0.25, 0.3) is 0 Å². The van der Waals surface area contributed by atoms with E-state index in [2.05, 4.69) is 31.2 Å². The first kappa shape index (κ1) is 11.8. The van der Waals surface area contributed by atoms with Gasteiger partial charge in [0, 0.05) is 5.92 Å². The Morgan fingerprint density at radius 3 is 2.81 bits per heavy atom. The zero-order valence-corrected chi connectivity index (χ0v) is 10.7. The quantitative estimate of drug-likeness (QED) is 0.754. The van der Waals surface area contributed by atoms with E-state index in [4.69, 9.17) is 4.74 Å². The Balaban J connectivity index is 2.05. The summed E-state index contributed by atoms with van der Waals surface area (Å²) in [4.78, 5) is 0. The molecule has 1 aliphatic heterocycles. The fraction of sp³-hybridized carbons (Fsp3) is 0.538. The molecule has 0 saturated heterocycles. The molecular formula is C13H18O2P+. The van der Waals surface area contributed by atoms with Crippen molar-refractivity contribution in [2.45, 2.75) is 26.1 Å². The van der Waals surface area contributed by atoms with Crippen molar-refractivity contribution in [3.63, 3.8) is 0 Å². The molecule has 86 valence electrons. The number of rotatable bonds is 3. The molecular weight excluding hydrogens is 219 g/mol. The Bertz CT molecular complexity index is 389. The molecule has 2 nitrogen and oxygen atoms in total. The van der Waals surface area contributed by atoms with Crippen LogP contribution in [-0.4, -0.2) is 18.9 Å². The predicted octanol–water partition coefficient (Wildman–Crippen LogP) is 3.22. The predicted molar refractivity (Wildman–Crippen MR) is 66.3 cm³/mol. The summed E-state index contributed by atoms with van der Waals surface area (Å²) < 4.78 is 17.1. The maximum atomic E-state index is 11.2. The SMILES string of the molecule is CC(C[P+](C)=O)C1Cc2ccccc2CO1. The van der Waals surface area contributed by atoms with E-state index in [1.807, 2.05) is 0 Å². The van der Waals surface area contributed by atoms with Gasteiger partial charge in [-0.1, -0.05) is 35.8 Å². The molecule has 3 atom stereocenters. The van der Waals surface area contributed by atoms with Gasteiger partial charge >= 0.3 is 7.80 Å². The minimum absolute atomic E-state index is 0.230. The molecule has 2 rings (SSSR count). The van der Waals surface area contributed by atoms with E-state index < -0.39 is 7.80 Å². The fourth-order valence-electron chi connectivity index (χ4n) is 2.26. The number of ether oxygens (including phenoxy) is 1. The fourth-order valence-corrected chi connectivity index (χ4v) is 3.30. The van der Waals surface area contributed by atoms with Gasteiger partial charge in [0.05, 0.1) is 12.7 Å². The normalized spacial score (nSPS) is 22.4.